The molecule has 0 aliphatic heterocycles. The van der Waals surface area contributed by atoms with Gasteiger partial charge in [-0.15, -0.1) is 0 Å². The molecule has 26 heavy (non-hydrogen) atoms. The molecule has 2 N–H and O–H groups in total. The number of nitro benzene ring substituents is 1. The summed E-state index contributed by atoms with van der Waals surface area (Å²) in [6, 6.07) is 4.46. The number of carbonyl (C=O) groups is 3. The number of non-ortho nitro benzene ring substituents is 1. The molecule has 9 nitrogen and oxygen atoms in total. The van der Waals surface area contributed by atoms with E-state index in [0.717, 1.165) is 0 Å². The molecule has 0 spiro atoms. The molecule has 0 aliphatic rings. The highest BCUT2D eigenvalue weighted by atomic mass is 16.6. The summed E-state index contributed by atoms with van der Waals surface area (Å²) in [5, 5.41) is 15.7. The number of anilines is 1. The zero-order valence-electron chi connectivity index (χ0n) is 15.4. The van der Waals surface area contributed by atoms with Crippen molar-refractivity contribution in [3.05, 3.63) is 34.4 Å². The molecule has 0 saturated heterocycles. The van der Waals surface area contributed by atoms with E-state index in [9.17, 15) is 24.5 Å². The number of nitrogens with one attached hydrogen (secondary N) is 2. The highest BCUT2D eigenvalue weighted by Gasteiger charge is 2.27. The third-order valence-corrected chi connectivity index (χ3v) is 3.37. The number of ether oxygens (including phenoxy) is 1. The Labute approximate surface area is 151 Å². The number of amides is 2. The van der Waals surface area contributed by atoms with Gasteiger partial charge in [0.25, 0.3) is 11.6 Å². The first-order chi connectivity index (χ1) is 11.9. The first-order valence-corrected chi connectivity index (χ1v) is 7.98. The average molecular weight is 365 g/mol. The van der Waals surface area contributed by atoms with Crippen LogP contribution in [0.3, 0.4) is 0 Å². The van der Waals surface area contributed by atoms with Crippen molar-refractivity contribution in [2.45, 2.75) is 46.8 Å². The van der Waals surface area contributed by atoms with Crippen LogP contribution in [0.25, 0.3) is 0 Å². The van der Waals surface area contributed by atoms with Crippen LogP contribution in [-0.4, -0.2) is 34.9 Å². The van der Waals surface area contributed by atoms with Gasteiger partial charge < -0.3 is 15.4 Å². The molecule has 0 aromatic heterocycles. The Morgan fingerprint density at radius 2 is 1.81 bits per heavy atom. The van der Waals surface area contributed by atoms with Crippen LogP contribution in [0.5, 0.6) is 0 Å². The van der Waals surface area contributed by atoms with Gasteiger partial charge in [-0.25, -0.2) is 4.79 Å². The van der Waals surface area contributed by atoms with Crippen molar-refractivity contribution >= 4 is 29.2 Å². The van der Waals surface area contributed by atoms with Crippen LogP contribution in [0.2, 0.25) is 0 Å². The van der Waals surface area contributed by atoms with E-state index in [-0.39, 0.29) is 17.3 Å². The van der Waals surface area contributed by atoms with E-state index >= 15 is 0 Å². The van der Waals surface area contributed by atoms with E-state index in [4.69, 9.17) is 4.74 Å². The second-order valence-electron chi connectivity index (χ2n) is 6.82. The molecule has 2 amide bonds. The molecule has 1 rings (SSSR count). The third-order valence-electron chi connectivity index (χ3n) is 3.37. The maximum atomic E-state index is 12.1. The van der Waals surface area contributed by atoms with Crippen LogP contribution in [0.4, 0.5) is 11.4 Å². The minimum atomic E-state index is -1.14. The van der Waals surface area contributed by atoms with E-state index in [1.807, 2.05) is 0 Å². The predicted molar refractivity (Wildman–Crippen MR) is 94.3 cm³/mol. The van der Waals surface area contributed by atoms with E-state index in [1.54, 1.807) is 20.8 Å². The highest BCUT2D eigenvalue weighted by Crippen LogP contribution is 2.17. The summed E-state index contributed by atoms with van der Waals surface area (Å²) in [6.07, 6.45) is -1.14. The summed E-state index contributed by atoms with van der Waals surface area (Å²) >= 11 is 0. The van der Waals surface area contributed by atoms with Crippen LogP contribution < -0.4 is 10.6 Å². The van der Waals surface area contributed by atoms with Gasteiger partial charge in [0, 0.05) is 23.2 Å². The molecule has 0 bridgehead atoms. The summed E-state index contributed by atoms with van der Waals surface area (Å²) in [4.78, 5) is 46.1. The van der Waals surface area contributed by atoms with Gasteiger partial charge in [-0.1, -0.05) is 26.8 Å². The number of rotatable bonds is 6. The lowest BCUT2D eigenvalue weighted by atomic mass is 9.95. The zero-order valence-corrected chi connectivity index (χ0v) is 15.4. The van der Waals surface area contributed by atoms with Crippen molar-refractivity contribution in [2.24, 2.45) is 5.41 Å². The van der Waals surface area contributed by atoms with Gasteiger partial charge in [0.2, 0.25) is 5.91 Å². The Morgan fingerprint density at radius 3 is 2.35 bits per heavy atom. The fraction of sp³-hybridized carbons (Fsp3) is 0.471. The summed E-state index contributed by atoms with van der Waals surface area (Å²) in [5.41, 5.74) is -0.633. The van der Waals surface area contributed by atoms with Gasteiger partial charge in [0.15, 0.2) is 6.10 Å². The van der Waals surface area contributed by atoms with Gasteiger partial charge in [-0.3, -0.25) is 19.7 Å². The lowest BCUT2D eigenvalue weighted by Gasteiger charge is -2.22. The SMILES string of the molecule is CC(NC(=O)C(C)(C)C)C(=O)OC(C)C(=O)Nc1cccc([N+](=O)[O-])c1. The molecule has 0 saturated carbocycles. The standard InChI is InChI=1S/C17H23N3O6/c1-10(18-16(23)17(3,4)5)15(22)26-11(2)14(21)19-12-7-6-8-13(9-12)20(24)25/h6-11H,1-5H3,(H,18,23)(H,19,21). The minimum Gasteiger partial charge on any atom is -0.451 e. The number of nitro groups is 1. The van der Waals surface area contributed by atoms with Crippen LogP contribution >= 0.6 is 0 Å². The van der Waals surface area contributed by atoms with Gasteiger partial charge in [0.05, 0.1) is 4.92 Å². The van der Waals surface area contributed by atoms with E-state index < -0.39 is 34.4 Å². The normalized spacial score (nSPS) is 13.3. The Morgan fingerprint density at radius 1 is 1.19 bits per heavy atom. The molecule has 1 aromatic rings. The second-order valence-corrected chi connectivity index (χ2v) is 6.82. The number of carbonyl (C=O) groups excluding carboxylic acids is 3. The number of benzene rings is 1. The van der Waals surface area contributed by atoms with Crippen molar-refractivity contribution in [3.63, 3.8) is 0 Å². The van der Waals surface area contributed by atoms with Gasteiger partial charge in [0.1, 0.15) is 6.04 Å². The lowest BCUT2D eigenvalue weighted by Crippen LogP contribution is -2.46. The average Bonchev–Trinajstić information content (AvgIpc) is 2.53. The number of hydrogen-bond donors (Lipinski definition) is 2. The van der Waals surface area contributed by atoms with Crippen LogP contribution in [0, 0.1) is 15.5 Å². The van der Waals surface area contributed by atoms with E-state index in [1.165, 1.54) is 38.1 Å². The van der Waals surface area contributed by atoms with Crippen molar-refractivity contribution in [3.8, 4) is 0 Å². The van der Waals surface area contributed by atoms with Crippen LogP contribution in [-0.2, 0) is 19.1 Å². The maximum absolute atomic E-state index is 12.1. The maximum Gasteiger partial charge on any atom is 0.329 e. The topological polar surface area (TPSA) is 128 Å². The Bertz CT molecular complexity index is 711. The second kappa shape index (κ2) is 8.41. The summed E-state index contributed by atoms with van der Waals surface area (Å²) in [7, 11) is 0. The molecular weight excluding hydrogens is 342 g/mol. The largest absolute Gasteiger partial charge is 0.451 e. The summed E-state index contributed by atoms with van der Waals surface area (Å²) < 4.78 is 5.04. The van der Waals surface area contributed by atoms with Crippen molar-refractivity contribution in [1.82, 2.24) is 5.32 Å². The number of nitrogens with zero attached hydrogens (tertiary/aromatic N) is 1. The van der Waals surface area contributed by atoms with Gasteiger partial charge >= 0.3 is 5.97 Å². The number of esters is 1. The molecule has 0 aliphatic carbocycles. The molecule has 2 unspecified atom stereocenters. The minimum absolute atomic E-state index is 0.175. The Kier molecular flexibility index (Phi) is 6.82. The van der Waals surface area contributed by atoms with Crippen molar-refractivity contribution in [1.29, 1.82) is 0 Å². The smallest absolute Gasteiger partial charge is 0.329 e. The molecule has 142 valence electrons. The van der Waals surface area contributed by atoms with Gasteiger partial charge in [-0.05, 0) is 19.9 Å². The summed E-state index contributed by atoms with van der Waals surface area (Å²) in [6.45, 7) is 7.93. The highest BCUT2D eigenvalue weighted by molar-refractivity contribution is 5.96. The van der Waals surface area contributed by atoms with Crippen molar-refractivity contribution in [2.75, 3.05) is 5.32 Å². The molecule has 0 heterocycles. The lowest BCUT2D eigenvalue weighted by molar-refractivity contribution is -0.384. The zero-order chi connectivity index (χ0) is 20.1. The molecule has 0 fully saturated rings. The van der Waals surface area contributed by atoms with Crippen LogP contribution in [0.1, 0.15) is 34.6 Å². The molecular formula is C17H23N3O6. The first kappa shape index (κ1) is 21.1. The molecule has 0 radical (unpaired) electrons. The van der Waals surface area contributed by atoms with Crippen LogP contribution in [0.15, 0.2) is 24.3 Å². The molecule has 2 atom stereocenters. The quantitative estimate of drug-likeness (QED) is 0.451. The first-order valence-electron chi connectivity index (χ1n) is 7.98. The van der Waals surface area contributed by atoms with E-state index in [0.29, 0.717) is 0 Å². The molecule has 1 aromatic carbocycles. The van der Waals surface area contributed by atoms with Gasteiger partial charge in [-0.2, -0.15) is 0 Å². The summed E-state index contributed by atoms with van der Waals surface area (Å²) in [5.74, 6) is -1.73. The number of hydrogen-bond acceptors (Lipinski definition) is 6. The van der Waals surface area contributed by atoms with E-state index in [2.05, 4.69) is 10.6 Å². The fourth-order valence-corrected chi connectivity index (χ4v) is 1.74. The predicted octanol–water partition coefficient (Wildman–Crippen LogP) is 2.02. The van der Waals surface area contributed by atoms with Crippen molar-refractivity contribution < 1.29 is 24.0 Å². The molecule has 9 heteroatoms. The Balaban J connectivity index is 2.63. The third kappa shape index (κ3) is 6.15. The monoisotopic (exact) mass is 365 g/mol. The fourth-order valence-electron chi connectivity index (χ4n) is 1.74. The Hall–Kier alpha value is -2.97.